The van der Waals surface area contributed by atoms with Crippen molar-refractivity contribution < 1.29 is 19.0 Å². The van der Waals surface area contributed by atoms with Crippen LogP contribution < -0.4 is 19.5 Å². The van der Waals surface area contributed by atoms with Crippen LogP contribution in [0.1, 0.15) is 43.4 Å². The smallest absolute Gasteiger partial charge is 0.258 e. The summed E-state index contributed by atoms with van der Waals surface area (Å²) < 4.78 is 16.9. The fourth-order valence-corrected chi connectivity index (χ4v) is 3.41. The Balaban J connectivity index is 1.51. The third-order valence-electron chi connectivity index (χ3n) is 4.79. The predicted molar refractivity (Wildman–Crippen MR) is 109 cm³/mol. The van der Waals surface area contributed by atoms with Crippen LogP contribution in [0.3, 0.4) is 0 Å². The third-order valence-corrected chi connectivity index (χ3v) is 4.79. The van der Waals surface area contributed by atoms with Crippen molar-refractivity contribution in [1.29, 1.82) is 0 Å². The zero-order chi connectivity index (χ0) is 19.8. The van der Waals surface area contributed by atoms with Crippen LogP contribution in [0.15, 0.2) is 36.4 Å². The number of carbonyl (C=O) groups excluding carboxylic acids is 1. The van der Waals surface area contributed by atoms with Gasteiger partial charge in [-0.15, -0.1) is 0 Å². The maximum absolute atomic E-state index is 12.2. The van der Waals surface area contributed by atoms with E-state index in [2.05, 4.69) is 17.4 Å². The molecule has 0 spiro atoms. The summed E-state index contributed by atoms with van der Waals surface area (Å²) >= 11 is 0. The van der Waals surface area contributed by atoms with Gasteiger partial charge in [-0.05, 0) is 80.5 Å². The van der Waals surface area contributed by atoms with Crippen LogP contribution in [0.5, 0.6) is 17.2 Å². The SMILES string of the molecule is CCOc1ccc(CNC(=O)COc2ccc3c(c2)CCCC3)cc1OCC. The van der Waals surface area contributed by atoms with E-state index in [1.807, 2.05) is 38.1 Å². The lowest BCUT2D eigenvalue weighted by atomic mass is 9.92. The Morgan fingerprint density at radius 3 is 2.43 bits per heavy atom. The third kappa shape index (κ3) is 5.41. The summed E-state index contributed by atoms with van der Waals surface area (Å²) in [5.74, 6) is 2.02. The topological polar surface area (TPSA) is 56.8 Å². The number of aryl methyl sites for hydroxylation is 2. The molecule has 150 valence electrons. The highest BCUT2D eigenvalue weighted by Gasteiger charge is 2.11. The first-order valence-corrected chi connectivity index (χ1v) is 10.1. The number of hydrogen-bond donors (Lipinski definition) is 1. The average molecular weight is 383 g/mol. The Morgan fingerprint density at radius 1 is 0.893 bits per heavy atom. The molecule has 1 amide bonds. The lowest BCUT2D eigenvalue weighted by Gasteiger charge is -2.16. The number of hydrogen-bond acceptors (Lipinski definition) is 4. The van der Waals surface area contributed by atoms with Crippen molar-refractivity contribution in [3.63, 3.8) is 0 Å². The molecule has 2 aromatic rings. The van der Waals surface area contributed by atoms with E-state index in [1.54, 1.807) is 0 Å². The molecule has 0 bridgehead atoms. The summed E-state index contributed by atoms with van der Waals surface area (Å²) in [6.45, 7) is 5.43. The number of benzene rings is 2. The number of amides is 1. The standard InChI is InChI=1S/C23H29NO4/c1-3-26-21-12-9-17(13-22(21)27-4-2)15-24-23(25)16-28-20-11-10-18-7-5-6-8-19(18)14-20/h9-14H,3-8,15-16H2,1-2H3,(H,24,25). The quantitative estimate of drug-likeness (QED) is 0.710. The van der Waals surface area contributed by atoms with Crippen molar-refractivity contribution >= 4 is 5.91 Å². The summed E-state index contributed by atoms with van der Waals surface area (Å²) in [6, 6.07) is 11.9. The predicted octanol–water partition coefficient (Wildman–Crippen LogP) is 4.06. The van der Waals surface area contributed by atoms with Crippen LogP contribution in [0.2, 0.25) is 0 Å². The van der Waals surface area contributed by atoms with Crippen LogP contribution in [0.25, 0.3) is 0 Å². The average Bonchev–Trinajstić information content (AvgIpc) is 2.72. The Labute approximate surface area is 167 Å². The summed E-state index contributed by atoms with van der Waals surface area (Å²) in [5.41, 5.74) is 3.71. The van der Waals surface area contributed by atoms with Crippen molar-refractivity contribution in [3.8, 4) is 17.2 Å². The highest BCUT2D eigenvalue weighted by molar-refractivity contribution is 5.77. The van der Waals surface area contributed by atoms with Gasteiger partial charge in [0.15, 0.2) is 18.1 Å². The van der Waals surface area contributed by atoms with Gasteiger partial charge >= 0.3 is 0 Å². The van der Waals surface area contributed by atoms with Gasteiger partial charge in [-0.2, -0.15) is 0 Å². The summed E-state index contributed by atoms with van der Waals surface area (Å²) in [5, 5.41) is 2.89. The highest BCUT2D eigenvalue weighted by Crippen LogP contribution is 2.28. The van der Waals surface area contributed by atoms with Gasteiger partial charge in [0.1, 0.15) is 5.75 Å². The molecule has 0 heterocycles. The van der Waals surface area contributed by atoms with Gasteiger partial charge in [0.25, 0.3) is 5.91 Å². The van der Waals surface area contributed by atoms with E-state index in [4.69, 9.17) is 14.2 Å². The first-order valence-electron chi connectivity index (χ1n) is 10.1. The van der Waals surface area contributed by atoms with Crippen molar-refractivity contribution in [2.24, 2.45) is 0 Å². The second-order valence-electron chi connectivity index (χ2n) is 6.85. The van der Waals surface area contributed by atoms with Gasteiger partial charge in [0, 0.05) is 6.54 Å². The molecule has 2 aromatic carbocycles. The van der Waals surface area contributed by atoms with Gasteiger partial charge in [-0.25, -0.2) is 0 Å². The molecule has 0 unspecified atom stereocenters. The van der Waals surface area contributed by atoms with Crippen LogP contribution in [-0.2, 0) is 24.2 Å². The van der Waals surface area contributed by atoms with E-state index in [-0.39, 0.29) is 12.5 Å². The molecule has 0 aromatic heterocycles. The van der Waals surface area contributed by atoms with Gasteiger partial charge < -0.3 is 19.5 Å². The van der Waals surface area contributed by atoms with E-state index >= 15 is 0 Å². The molecule has 0 aliphatic heterocycles. The molecule has 0 radical (unpaired) electrons. The molecule has 0 saturated carbocycles. The van der Waals surface area contributed by atoms with E-state index < -0.39 is 0 Å². The number of ether oxygens (including phenoxy) is 3. The Hall–Kier alpha value is -2.69. The van der Waals surface area contributed by atoms with Gasteiger partial charge in [-0.3, -0.25) is 4.79 Å². The number of rotatable bonds is 9. The molecule has 0 fully saturated rings. The van der Waals surface area contributed by atoms with Gasteiger partial charge in [0.05, 0.1) is 13.2 Å². The number of fused-ring (bicyclic) bond motifs is 1. The second-order valence-corrected chi connectivity index (χ2v) is 6.85. The van der Waals surface area contributed by atoms with Crippen molar-refractivity contribution in [2.75, 3.05) is 19.8 Å². The molecule has 1 aliphatic carbocycles. The maximum atomic E-state index is 12.2. The molecule has 0 atom stereocenters. The fourth-order valence-electron chi connectivity index (χ4n) is 3.41. The molecule has 5 nitrogen and oxygen atoms in total. The van der Waals surface area contributed by atoms with E-state index in [9.17, 15) is 4.79 Å². The minimum Gasteiger partial charge on any atom is -0.490 e. The van der Waals surface area contributed by atoms with Gasteiger partial charge in [-0.1, -0.05) is 12.1 Å². The first kappa shape index (κ1) is 20.1. The van der Waals surface area contributed by atoms with E-state index in [0.29, 0.717) is 25.5 Å². The Morgan fingerprint density at radius 2 is 1.64 bits per heavy atom. The summed E-state index contributed by atoms with van der Waals surface area (Å²) in [4.78, 5) is 12.2. The molecular formula is C23H29NO4. The van der Waals surface area contributed by atoms with E-state index in [0.717, 1.165) is 29.9 Å². The Bertz CT molecular complexity index is 803. The van der Waals surface area contributed by atoms with E-state index in [1.165, 1.54) is 24.0 Å². The number of nitrogens with one attached hydrogen (secondary N) is 1. The normalized spacial score (nSPS) is 12.8. The zero-order valence-electron chi connectivity index (χ0n) is 16.8. The highest BCUT2D eigenvalue weighted by atomic mass is 16.5. The molecule has 0 saturated heterocycles. The second kappa shape index (κ2) is 10.0. The lowest BCUT2D eigenvalue weighted by molar-refractivity contribution is -0.123. The number of carbonyl (C=O) groups is 1. The van der Waals surface area contributed by atoms with Crippen LogP contribution >= 0.6 is 0 Å². The van der Waals surface area contributed by atoms with Crippen LogP contribution in [0.4, 0.5) is 0 Å². The first-order chi connectivity index (χ1) is 13.7. The minimum absolute atomic E-state index is 0.00807. The van der Waals surface area contributed by atoms with Crippen LogP contribution in [-0.4, -0.2) is 25.7 Å². The zero-order valence-corrected chi connectivity index (χ0v) is 16.8. The molecular weight excluding hydrogens is 354 g/mol. The monoisotopic (exact) mass is 383 g/mol. The largest absolute Gasteiger partial charge is 0.490 e. The molecule has 5 heteroatoms. The molecule has 1 N–H and O–H groups in total. The fraction of sp³-hybridized carbons (Fsp3) is 0.435. The van der Waals surface area contributed by atoms with Crippen LogP contribution in [0, 0.1) is 0 Å². The van der Waals surface area contributed by atoms with Crippen molar-refractivity contribution in [3.05, 3.63) is 53.1 Å². The Kier molecular flexibility index (Phi) is 7.18. The molecule has 28 heavy (non-hydrogen) atoms. The summed E-state index contributed by atoms with van der Waals surface area (Å²) in [6.07, 6.45) is 4.72. The summed E-state index contributed by atoms with van der Waals surface area (Å²) in [7, 11) is 0. The minimum atomic E-state index is -0.149. The molecule has 3 rings (SSSR count). The maximum Gasteiger partial charge on any atom is 0.258 e. The van der Waals surface area contributed by atoms with Crippen molar-refractivity contribution in [2.45, 2.75) is 46.1 Å². The lowest BCUT2D eigenvalue weighted by Crippen LogP contribution is -2.28. The van der Waals surface area contributed by atoms with Gasteiger partial charge in [0.2, 0.25) is 0 Å². The van der Waals surface area contributed by atoms with Crippen molar-refractivity contribution in [1.82, 2.24) is 5.32 Å². The molecule has 1 aliphatic rings.